The van der Waals surface area contributed by atoms with Gasteiger partial charge in [0.2, 0.25) is 6.79 Å². The number of carbonyl (C=O) groups excluding carboxylic acids is 2. The number of nitrogens with one attached hydrogen (secondary N) is 1. The number of rotatable bonds is 3. The molecule has 2 saturated heterocycles. The molecule has 4 aromatic rings. The summed E-state index contributed by atoms with van der Waals surface area (Å²) in [5, 5.41) is 39.6. The zero-order valence-corrected chi connectivity index (χ0v) is 32.2. The molecule has 1 aromatic heterocycles. The lowest BCUT2D eigenvalue weighted by Crippen LogP contribution is -2.65. The van der Waals surface area contributed by atoms with Gasteiger partial charge in [0.25, 0.3) is 0 Å². The van der Waals surface area contributed by atoms with Gasteiger partial charge >= 0.3 is 11.9 Å². The van der Waals surface area contributed by atoms with Crippen molar-refractivity contribution in [3.63, 3.8) is 0 Å². The van der Waals surface area contributed by atoms with E-state index in [0.29, 0.717) is 63.0 Å². The molecule has 15 heteroatoms. The summed E-state index contributed by atoms with van der Waals surface area (Å²) in [5.74, 6) is 0.573. The van der Waals surface area contributed by atoms with Crippen molar-refractivity contribution in [1.82, 2.24) is 15.1 Å². The molecule has 9 atom stereocenters. The van der Waals surface area contributed by atoms with Gasteiger partial charge in [0, 0.05) is 63.9 Å². The Kier molecular flexibility index (Phi) is 7.16. The highest BCUT2D eigenvalue weighted by Crippen LogP contribution is 2.75. The van der Waals surface area contributed by atoms with E-state index in [1.54, 1.807) is 0 Å². The first-order valence-corrected chi connectivity index (χ1v) is 20.0. The number of benzene rings is 3. The number of phenols is 1. The fraction of sp³-hybridized carbons (Fsp3) is 0.463. The Bertz CT molecular complexity index is 2440. The lowest BCUT2D eigenvalue weighted by molar-refractivity contribution is -0.173. The van der Waals surface area contributed by atoms with Gasteiger partial charge < -0.3 is 43.4 Å². The number of aliphatic hydroxyl groups is 2. The second-order valence-corrected chi connectivity index (χ2v) is 17.2. The highest BCUT2D eigenvalue weighted by atomic mass is 32.2. The smallest absolute Gasteiger partial charge is 0.335 e. The number of thioether (sulfide) groups is 1. The number of aromatic hydroxyl groups is 1. The first kappa shape index (κ1) is 34.7. The van der Waals surface area contributed by atoms with E-state index in [1.165, 1.54) is 25.8 Å². The van der Waals surface area contributed by atoms with Gasteiger partial charge in [-0.25, -0.2) is 4.79 Å². The number of aryl methyl sites for hydroxylation is 1. The summed E-state index contributed by atoms with van der Waals surface area (Å²) in [6.45, 7) is 4.54. The van der Waals surface area contributed by atoms with Gasteiger partial charge in [-0.3, -0.25) is 19.9 Å². The first-order valence-electron chi connectivity index (χ1n) is 18.9. The Morgan fingerprint density at radius 3 is 2.66 bits per heavy atom. The fourth-order valence-electron chi connectivity index (χ4n) is 11.3. The third-order valence-corrected chi connectivity index (χ3v) is 14.8. The van der Waals surface area contributed by atoms with Crippen LogP contribution in [-0.4, -0.2) is 101 Å². The van der Waals surface area contributed by atoms with E-state index in [1.807, 2.05) is 51.2 Å². The number of ether oxygens (including phenoxy) is 5. The Morgan fingerprint density at radius 1 is 1.11 bits per heavy atom. The van der Waals surface area contributed by atoms with E-state index in [2.05, 4.69) is 15.1 Å². The van der Waals surface area contributed by atoms with Gasteiger partial charge in [0.05, 0.1) is 37.1 Å². The Labute approximate surface area is 325 Å². The molecule has 1 aliphatic carbocycles. The standard InChI is InChI=1S/C41H41N3O11S/c1-16-10-22-25(31(47)32(16)50-5)29-30-36-27-26(35-34(52-15-53-35)17(2)33(27)54-18(3)46)23(44(30)41(49)28(22)37(41)43(29)4)13-51-39(48)40(14-56-36)38-21(11-19(12-45)42-40)20-8-6-7-9-24(20)55-38/h6-10,19,23,28-30,36-37,42,45,47,49H,11-15H2,1-5H3/t19-,23+,28?,29+,30-,36-,37+,40-,41-/m1/s1. The van der Waals surface area contributed by atoms with Crippen molar-refractivity contribution in [1.29, 1.82) is 0 Å². The SMILES string of the molecule is COc1c(C)cc2c(c1O)[C@H]1[C@@H]3[C@@H]4SC[C@]5(N[C@@H](CO)Cc6c5oc5ccccc65)C(=O)OC[C@@H](c5c6c(c(C)c(OC(C)=O)c54)OCO6)N3[C@@]3(O)C2[C@@H]3N1C. The van der Waals surface area contributed by atoms with Crippen molar-refractivity contribution in [3.8, 4) is 28.7 Å². The molecule has 56 heavy (non-hydrogen) atoms. The average molecular weight is 784 g/mol. The lowest BCUT2D eigenvalue weighted by Gasteiger charge is -2.57. The quantitative estimate of drug-likeness (QED) is 0.175. The number of furan rings is 1. The van der Waals surface area contributed by atoms with Gasteiger partial charge in [-0.15, -0.1) is 11.8 Å². The summed E-state index contributed by atoms with van der Waals surface area (Å²) in [4.78, 5) is 32.1. The topological polar surface area (TPSA) is 173 Å². The number of nitrogens with zero attached hydrogens (tertiary/aromatic N) is 2. The van der Waals surface area contributed by atoms with Gasteiger partial charge in [-0.2, -0.15) is 0 Å². The number of piperazine rings is 1. The minimum Gasteiger partial charge on any atom is -0.504 e. The van der Waals surface area contributed by atoms with Crippen molar-refractivity contribution in [2.24, 2.45) is 0 Å². The summed E-state index contributed by atoms with van der Waals surface area (Å²) in [6.07, 6.45) is 0.438. The number of para-hydroxylation sites is 1. The molecule has 8 aliphatic rings. The Balaban J connectivity index is 1.19. The van der Waals surface area contributed by atoms with Gasteiger partial charge in [-0.05, 0) is 44.5 Å². The van der Waals surface area contributed by atoms with Crippen LogP contribution in [0.3, 0.4) is 0 Å². The summed E-state index contributed by atoms with van der Waals surface area (Å²) in [7, 11) is 3.50. The van der Waals surface area contributed by atoms with Crippen LogP contribution in [-0.2, 0) is 26.3 Å². The number of methoxy groups -OCH3 is 1. The molecule has 1 saturated carbocycles. The molecule has 1 unspecified atom stereocenters. The zero-order valence-electron chi connectivity index (χ0n) is 31.4. The van der Waals surface area contributed by atoms with Gasteiger partial charge in [0.15, 0.2) is 28.5 Å². The highest BCUT2D eigenvalue weighted by molar-refractivity contribution is 7.99. The third-order valence-electron chi connectivity index (χ3n) is 13.4. The number of hydrogen-bond donors (Lipinski definition) is 4. The minimum atomic E-state index is -1.53. The van der Waals surface area contributed by atoms with Crippen LogP contribution in [0.2, 0.25) is 0 Å². The molecule has 0 amide bonds. The van der Waals surface area contributed by atoms with E-state index in [-0.39, 0.29) is 37.6 Å². The number of phenolic OH excluding ortho intramolecular Hbond substituents is 1. The van der Waals surface area contributed by atoms with Gasteiger partial charge in [-0.1, -0.05) is 24.3 Å². The number of aliphatic hydroxyl groups excluding tert-OH is 1. The minimum absolute atomic E-state index is 0.0173. The highest BCUT2D eigenvalue weighted by Gasteiger charge is 2.81. The average Bonchev–Trinajstić information content (AvgIpc) is 3.43. The van der Waals surface area contributed by atoms with Crippen molar-refractivity contribution < 1.29 is 53.0 Å². The normalized spacial score (nSPS) is 33.3. The number of hydrogen-bond acceptors (Lipinski definition) is 15. The summed E-state index contributed by atoms with van der Waals surface area (Å²) in [5.41, 5.74) is 2.60. The molecule has 4 bridgehead atoms. The fourth-order valence-corrected chi connectivity index (χ4v) is 13.0. The molecule has 3 fully saturated rings. The lowest BCUT2D eigenvalue weighted by atomic mass is 9.77. The molecule has 12 rings (SSSR count). The van der Waals surface area contributed by atoms with E-state index >= 15 is 0 Å². The van der Waals surface area contributed by atoms with E-state index in [4.69, 9.17) is 28.1 Å². The maximum Gasteiger partial charge on any atom is 0.335 e. The van der Waals surface area contributed by atoms with Crippen LogP contribution in [0.1, 0.15) is 74.9 Å². The Hall–Kier alpha value is -4.51. The molecular formula is C41H41N3O11S. The maximum absolute atomic E-state index is 15.0. The number of esters is 2. The van der Waals surface area contributed by atoms with Crippen LogP contribution < -0.4 is 24.3 Å². The van der Waals surface area contributed by atoms with E-state index in [0.717, 1.165) is 22.1 Å². The van der Waals surface area contributed by atoms with E-state index in [9.17, 15) is 24.9 Å². The molecule has 14 nitrogen and oxygen atoms in total. The van der Waals surface area contributed by atoms with Gasteiger partial charge in [0.1, 0.15) is 29.4 Å². The van der Waals surface area contributed by atoms with Crippen molar-refractivity contribution in [2.45, 2.75) is 79.8 Å². The maximum atomic E-state index is 15.0. The van der Waals surface area contributed by atoms with Crippen LogP contribution in [0.25, 0.3) is 11.0 Å². The second-order valence-electron chi connectivity index (χ2n) is 16.1. The van der Waals surface area contributed by atoms with Crippen molar-refractivity contribution >= 4 is 34.7 Å². The monoisotopic (exact) mass is 783 g/mol. The second kappa shape index (κ2) is 11.5. The predicted octanol–water partition coefficient (Wildman–Crippen LogP) is 3.73. The molecule has 1 spiro atoms. The summed E-state index contributed by atoms with van der Waals surface area (Å²) in [6, 6.07) is 6.91. The molecule has 7 aliphatic heterocycles. The van der Waals surface area contributed by atoms with Crippen LogP contribution in [0.5, 0.6) is 28.7 Å². The first-order chi connectivity index (χ1) is 27.0. The molecule has 4 N–H and O–H groups in total. The molecule has 0 radical (unpaired) electrons. The van der Waals surface area contributed by atoms with Crippen LogP contribution in [0.15, 0.2) is 34.7 Å². The molecule has 292 valence electrons. The van der Waals surface area contributed by atoms with Crippen molar-refractivity contribution in [3.05, 3.63) is 75.0 Å². The van der Waals surface area contributed by atoms with Crippen molar-refractivity contribution in [2.75, 3.05) is 39.9 Å². The molecule has 3 aromatic carbocycles. The Morgan fingerprint density at radius 2 is 1.89 bits per heavy atom. The number of fused-ring (bicyclic) bond motifs is 12. The number of likely N-dealkylation sites (N-methyl/N-ethyl adjacent to an activating group) is 1. The third kappa shape index (κ3) is 4.10. The largest absolute Gasteiger partial charge is 0.504 e. The number of carbonyl (C=O) groups is 2. The molecular weight excluding hydrogens is 743 g/mol. The predicted molar refractivity (Wildman–Crippen MR) is 200 cm³/mol. The van der Waals surface area contributed by atoms with Crippen LogP contribution in [0.4, 0.5) is 0 Å². The van der Waals surface area contributed by atoms with E-state index < -0.39 is 58.5 Å². The van der Waals surface area contributed by atoms with Crippen LogP contribution in [0, 0.1) is 13.8 Å². The summed E-state index contributed by atoms with van der Waals surface area (Å²) < 4.78 is 37.2. The summed E-state index contributed by atoms with van der Waals surface area (Å²) >= 11 is 1.44. The van der Waals surface area contributed by atoms with Crippen LogP contribution >= 0.6 is 11.8 Å². The zero-order chi connectivity index (χ0) is 38.7. The molecule has 8 heterocycles.